The maximum Gasteiger partial charge on any atom is 0.407 e. The number of hydrogen-bond donors (Lipinski definition) is 4. The number of nitrogens with zero attached hydrogens (tertiary/aromatic N) is 1. The standard InChI is InChI=1S/C33H42N4O8S/c1-20(2)17-37(46(41,42)22-10-11-25-24(16-22)30(31(39)35-25)26-9-6-13-34-26)18-28(38)27(15-21-7-4-3-5-8-21)36-33(40)45-29-19-44-32-23(29)12-14-43-32/h3-5,7-8,10-11,16,20,23,27-29,32,34,38H,6,9,12-15,17-19H2,1-2H3,(H,35,39)(H,36,40). The Morgan fingerprint density at radius 1 is 1.15 bits per heavy atom. The third-order valence-electron chi connectivity index (χ3n) is 8.89. The monoisotopic (exact) mass is 654 g/mol. The molecule has 248 valence electrons. The van der Waals surface area contributed by atoms with E-state index in [2.05, 4.69) is 16.0 Å². The highest BCUT2D eigenvalue weighted by atomic mass is 32.2. The van der Waals surface area contributed by atoms with Gasteiger partial charge in [-0.2, -0.15) is 4.31 Å². The minimum absolute atomic E-state index is 0.0215. The van der Waals surface area contributed by atoms with Crippen LogP contribution >= 0.6 is 0 Å². The first-order valence-electron chi connectivity index (χ1n) is 16.0. The summed E-state index contributed by atoms with van der Waals surface area (Å²) < 4.78 is 46.5. The van der Waals surface area contributed by atoms with Gasteiger partial charge in [-0.3, -0.25) is 4.79 Å². The van der Waals surface area contributed by atoms with E-state index in [4.69, 9.17) is 14.2 Å². The van der Waals surface area contributed by atoms with E-state index in [9.17, 15) is 23.1 Å². The zero-order chi connectivity index (χ0) is 32.4. The molecule has 2 aromatic carbocycles. The van der Waals surface area contributed by atoms with Gasteiger partial charge in [0, 0.05) is 36.6 Å². The summed E-state index contributed by atoms with van der Waals surface area (Å²) in [6.07, 6.45) is -0.255. The molecule has 0 radical (unpaired) electrons. The molecule has 4 heterocycles. The van der Waals surface area contributed by atoms with Gasteiger partial charge in [0.15, 0.2) is 6.29 Å². The van der Waals surface area contributed by atoms with Crippen molar-refractivity contribution in [1.82, 2.24) is 14.9 Å². The number of anilines is 1. The Bertz CT molecular complexity index is 1570. The number of ether oxygens (including phenoxy) is 3. The summed E-state index contributed by atoms with van der Waals surface area (Å²) >= 11 is 0. The lowest BCUT2D eigenvalue weighted by molar-refractivity contribution is -0.110. The lowest BCUT2D eigenvalue weighted by atomic mass is 10.0. The third kappa shape index (κ3) is 6.93. The molecule has 2 amide bonds. The highest BCUT2D eigenvalue weighted by Crippen LogP contribution is 2.37. The van der Waals surface area contributed by atoms with Gasteiger partial charge in [0.2, 0.25) is 10.0 Å². The molecule has 12 nitrogen and oxygen atoms in total. The number of alkyl carbamates (subject to hydrolysis) is 1. The lowest BCUT2D eigenvalue weighted by Crippen LogP contribution is -2.51. The number of sulfonamides is 1. The van der Waals surface area contributed by atoms with Gasteiger partial charge in [0.05, 0.1) is 41.7 Å². The predicted octanol–water partition coefficient (Wildman–Crippen LogP) is 2.84. The van der Waals surface area contributed by atoms with Crippen LogP contribution in [0.5, 0.6) is 0 Å². The van der Waals surface area contributed by atoms with Crippen LogP contribution in [0.25, 0.3) is 5.57 Å². The Hall–Kier alpha value is -3.49. The second-order valence-electron chi connectivity index (χ2n) is 12.7. The summed E-state index contributed by atoms with van der Waals surface area (Å²) in [5.41, 5.74) is 3.23. The Morgan fingerprint density at radius 3 is 2.70 bits per heavy atom. The second-order valence-corrected chi connectivity index (χ2v) is 14.7. The Labute approximate surface area is 269 Å². The fourth-order valence-electron chi connectivity index (χ4n) is 6.60. The van der Waals surface area contributed by atoms with E-state index < -0.39 is 34.4 Å². The molecular formula is C33H42N4O8S. The summed E-state index contributed by atoms with van der Waals surface area (Å²) in [5, 5.41) is 20.5. The molecule has 4 N–H and O–H groups in total. The van der Waals surface area contributed by atoms with Gasteiger partial charge < -0.3 is 35.3 Å². The largest absolute Gasteiger partial charge is 0.443 e. The van der Waals surface area contributed by atoms with Gasteiger partial charge in [0.25, 0.3) is 5.91 Å². The van der Waals surface area contributed by atoms with Crippen LogP contribution in [-0.4, -0.2) is 87.2 Å². The molecule has 3 fully saturated rings. The van der Waals surface area contributed by atoms with Crippen LogP contribution in [0.2, 0.25) is 0 Å². The quantitative estimate of drug-likeness (QED) is 0.268. The van der Waals surface area contributed by atoms with Gasteiger partial charge in [-0.1, -0.05) is 44.2 Å². The van der Waals surface area contributed by atoms with Gasteiger partial charge in [-0.05, 0) is 55.4 Å². The molecule has 46 heavy (non-hydrogen) atoms. The van der Waals surface area contributed by atoms with Crippen molar-refractivity contribution in [2.24, 2.45) is 11.8 Å². The number of allylic oxidation sites excluding steroid dienone is 1. The first kappa shape index (κ1) is 32.5. The van der Waals surface area contributed by atoms with E-state index in [0.717, 1.165) is 30.6 Å². The zero-order valence-corrected chi connectivity index (χ0v) is 26.9. The minimum Gasteiger partial charge on any atom is -0.443 e. The summed E-state index contributed by atoms with van der Waals surface area (Å²) in [6, 6.07) is 13.1. The van der Waals surface area contributed by atoms with Crippen molar-refractivity contribution in [2.75, 3.05) is 38.2 Å². The van der Waals surface area contributed by atoms with Crippen LogP contribution in [0.3, 0.4) is 0 Å². The Morgan fingerprint density at radius 2 is 1.96 bits per heavy atom. The minimum atomic E-state index is -4.12. The molecule has 5 atom stereocenters. The van der Waals surface area contributed by atoms with Gasteiger partial charge >= 0.3 is 6.09 Å². The van der Waals surface area contributed by atoms with Crippen molar-refractivity contribution in [3.05, 3.63) is 65.4 Å². The lowest BCUT2D eigenvalue weighted by Gasteiger charge is -2.31. The maximum atomic E-state index is 14.2. The average Bonchev–Trinajstić information content (AvgIpc) is 3.82. The molecule has 6 rings (SSSR count). The Kier molecular flexibility index (Phi) is 9.67. The molecule has 0 aromatic heterocycles. The fraction of sp³-hybridized carbons (Fsp3) is 0.515. The van der Waals surface area contributed by atoms with Crippen molar-refractivity contribution in [1.29, 1.82) is 0 Å². The maximum absolute atomic E-state index is 14.2. The van der Waals surface area contributed by atoms with Crippen LogP contribution in [0.1, 0.15) is 44.2 Å². The number of amides is 2. The van der Waals surface area contributed by atoms with Crippen LogP contribution in [0.4, 0.5) is 10.5 Å². The topological polar surface area (TPSA) is 156 Å². The molecule has 0 saturated carbocycles. The number of carbonyl (C=O) groups excluding carboxylic acids is 2. The van der Waals surface area contributed by atoms with E-state index in [-0.39, 0.29) is 55.0 Å². The number of hydrogen-bond acceptors (Lipinski definition) is 9. The van der Waals surface area contributed by atoms with E-state index in [1.54, 1.807) is 6.07 Å². The van der Waals surface area contributed by atoms with Gasteiger partial charge in [-0.25, -0.2) is 13.2 Å². The molecule has 3 saturated heterocycles. The number of carbonyl (C=O) groups is 2. The molecule has 4 aliphatic rings. The van der Waals surface area contributed by atoms with Crippen molar-refractivity contribution < 1.29 is 37.3 Å². The van der Waals surface area contributed by atoms with Crippen molar-refractivity contribution in [3.8, 4) is 0 Å². The van der Waals surface area contributed by atoms with Crippen molar-refractivity contribution in [3.63, 3.8) is 0 Å². The van der Waals surface area contributed by atoms with E-state index in [0.29, 0.717) is 29.9 Å². The van der Waals surface area contributed by atoms with E-state index >= 15 is 0 Å². The molecule has 0 spiro atoms. The van der Waals surface area contributed by atoms with E-state index in [1.807, 2.05) is 44.2 Å². The number of benzene rings is 2. The first-order chi connectivity index (χ1) is 22.1. The number of nitrogens with one attached hydrogen (secondary N) is 3. The molecule has 13 heteroatoms. The first-order valence-corrected chi connectivity index (χ1v) is 17.4. The predicted molar refractivity (Wildman–Crippen MR) is 170 cm³/mol. The number of aliphatic hydroxyl groups excluding tert-OH is 1. The number of rotatable bonds is 11. The fourth-order valence-corrected chi connectivity index (χ4v) is 8.25. The van der Waals surface area contributed by atoms with Crippen LogP contribution in [-0.2, 0) is 35.4 Å². The number of aliphatic hydroxyl groups is 1. The summed E-state index contributed by atoms with van der Waals surface area (Å²) in [7, 11) is -4.12. The highest BCUT2D eigenvalue weighted by Gasteiger charge is 2.44. The summed E-state index contributed by atoms with van der Waals surface area (Å²) in [4.78, 5) is 26.0. The summed E-state index contributed by atoms with van der Waals surface area (Å²) in [5.74, 6) is -0.368. The van der Waals surface area contributed by atoms with Gasteiger partial charge in [0.1, 0.15) is 6.10 Å². The smallest absolute Gasteiger partial charge is 0.407 e. The second kappa shape index (κ2) is 13.7. The highest BCUT2D eigenvalue weighted by molar-refractivity contribution is 7.89. The number of fused-ring (bicyclic) bond motifs is 2. The molecule has 0 bridgehead atoms. The average molecular weight is 655 g/mol. The summed E-state index contributed by atoms with van der Waals surface area (Å²) in [6.45, 7) is 5.19. The van der Waals surface area contributed by atoms with Crippen LogP contribution in [0.15, 0.2) is 59.1 Å². The molecular weight excluding hydrogens is 612 g/mol. The molecule has 5 unspecified atom stereocenters. The zero-order valence-electron chi connectivity index (χ0n) is 26.1. The molecule has 4 aliphatic heterocycles. The van der Waals surface area contributed by atoms with Gasteiger partial charge in [-0.15, -0.1) is 0 Å². The van der Waals surface area contributed by atoms with Crippen LogP contribution < -0.4 is 16.0 Å². The molecule has 0 aliphatic carbocycles. The van der Waals surface area contributed by atoms with Crippen LogP contribution in [0, 0.1) is 11.8 Å². The van der Waals surface area contributed by atoms with E-state index in [1.165, 1.54) is 16.4 Å². The SMILES string of the molecule is CC(C)CN(CC(O)C(Cc1ccccc1)NC(=O)OC1COC2OCCC12)S(=O)(=O)c1ccc2c(c1)C(=C1CCCN1)C(=O)N2. The molecule has 2 aromatic rings. The normalized spacial score (nSPS) is 25.2. The van der Waals surface area contributed by atoms with Crippen molar-refractivity contribution >= 4 is 33.3 Å². The Balaban J connectivity index is 1.23. The van der Waals surface area contributed by atoms with Crippen molar-refractivity contribution in [2.45, 2.75) is 69.0 Å². The third-order valence-corrected chi connectivity index (χ3v) is 10.7.